The Morgan fingerprint density at radius 1 is 1.05 bits per heavy atom. The van der Waals surface area contributed by atoms with Gasteiger partial charge < -0.3 is 10.2 Å². The number of nitrogens with one attached hydrogen (secondary N) is 1. The zero-order chi connectivity index (χ0) is 13.8. The van der Waals surface area contributed by atoms with E-state index in [1.54, 1.807) is 12.1 Å². The van der Waals surface area contributed by atoms with E-state index < -0.39 is 0 Å². The fraction of sp³-hybridized carbons (Fsp3) is 0.188. The van der Waals surface area contributed by atoms with Crippen molar-refractivity contribution in [1.82, 2.24) is 0 Å². The molecule has 2 aromatic carbocycles. The lowest BCUT2D eigenvalue weighted by Gasteiger charge is -2.17. The summed E-state index contributed by atoms with van der Waals surface area (Å²) in [6.07, 6.45) is 0. The van der Waals surface area contributed by atoms with E-state index in [1.165, 1.54) is 5.56 Å². The number of hydrogen-bond donors (Lipinski definition) is 1. The minimum atomic E-state index is -0.0887. The number of nitrogens with zero attached hydrogens (tertiary/aromatic N) is 1. The third-order valence-electron chi connectivity index (χ3n) is 2.98. The molecule has 3 heteroatoms. The normalized spacial score (nSPS) is 10.1. The number of benzene rings is 2. The predicted octanol–water partition coefficient (Wildman–Crippen LogP) is 3.31. The number of carbonyl (C=O) groups excluding carboxylic acids is 1. The molecule has 0 aliphatic carbocycles. The van der Waals surface area contributed by atoms with E-state index in [1.807, 2.05) is 55.4 Å². The lowest BCUT2D eigenvalue weighted by atomic mass is 10.1. The van der Waals surface area contributed by atoms with E-state index in [9.17, 15) is 4.79 Å². The second-order valence-electron chi connectivity index (χ2n) is 4.72. The number of carbonyl (C=O) groups is 1. The fourth-order valence-corrected chi connectivity index (χ4v) is 1.96. The summed E-state index contributed by atoms with van der Waals surface area (Å²) < 4.78 is 0. The lowest BCUT2D eigenvalue weighted by Crippen LogP contribution is -2.14. The molecule has 0 atom stereocenters. The average Bonchev–Trinajstić information content (AvgIpc) is 2.41. The SMILES string of the molecule is Cc1ccc(NC(=O)c2ccccc2)cc1N(C)C. The van der Waals surface area contributed by atoms with Crippen LogP contribution in [-0.4, -0.2) is 20.0 Å². The molecule has 0 aliphatic rings. The van der Waals surface area contributed by atoms with Crippen molar-refractivity contribution in [2.75, 3.05) is 24.3 Å². The van der Waals surface area contributed by atoms with Gasteiger partial charge >= 0.3 is 0 Å². The van der Waals surface area contributed by atoms with Crippen LogP contribution in [0.5, 0.6) is 0 Å². The van der Waals surface area contributed by atoms with Crippen molar-refractivity contribution in [2.45, 2.75) is 6.92 Å². The van der Waals surface area contributed by atoms with E-state index >= 15 is 0 Å². The topological polar surface area (TPSA) is 32.3 Å². The first kappa shape index (κ1) is 13.1. The molecule has 0 heterocycles. The van der Waals surface area contributed by atoms with Crippen LogP contribution in [0.15, 0.2) is 48.5 Å². The van der Waals surface area contributed by atoms with Gasteiger partial charge in [-0.15, -0.1) is 0 Å². The van der Waals surface area contributed by atoms with Crippen LogP contribution in [0.1, 0.15) is 15.9 Å². The van der Waals surface area contributed by atoms with Crippen LogP contribution in [0, 0.1) is 6.92 Å². The summed E-state index contributed by atoms with van der Waals surface area (Å²) in [6, 6.07) is 15.1. The zero-order valence-electron chi connectivity index (χ0n) is 11.5. The highest BCUT2D eigenvalue weighted by atomic mass is 16.1. The average molecular weight is 254 g/mol. The molecule has 0 spiro atoms. The molecule has 0 aliphatic heterocycles. The summed E-state index contributed by atoms with van der Waals surface area (Å²) >= 11 is 0. The second kappa shape index (κ2) is 5.57. The number of amides is 1. The van der Waals surface area contributed by atoms with Crippen LogP contribution < -0.4 is 10.2 Å². The Labute approximate surface area is 113 Å². The van der Waals surface area contributed by atoms with Gasteiger partial charge in [0.05, 0.1) is 0 Å². The van der Waals surface area contributed by atoms with Gasteiger partial charge in [-0.3, -0.25) is 4.79 Å². The van der Waals surface area contributed by atoms with E-state index in [0.29, 0.717) is 5.56 Å². The van der Waals surface area contributed by atoms with Crippen LogP contribution in [0.3, 0.4) is 0 Å². The first-order valence-electron chi connectivity index (χ1n) is 6.22. The standard InChI is InChI=1S/C16H18N2O/c1-12-9-10-14(11-15(12)18(2)3)17-16(19)13-7-5-4-6-8-13/h4-11H,1-3H3,(H,17,19). The summed E-state index contributed by atoms with van der Waals surface area (Å²) in [5, 5.41) is 2.92. The van der Waals surface area contributed by atoms with Crippen molar-refractivity contribution in [2.24, 2.45) is 0 Å². The predicted molar refractivity (Wildman–Crippen MR) is 79.9 cm³/mol. The minimum Gasteiger partial charge on any atom is -0.377 e. The van der Waals surface area contributed by atoms with Crippen LogP contribution in [0.2, 0.25) is 0 Å². The summed E-state index contributed by atoms with van der Waals surface area (Å²) in [4.78, 5) is 14.1. The maximum Gasteiger partial charge on any atom is 0.255 e. The summed E-state index contributed by atoms with van der Waals surface area (Å²) in [5.41, 5.74) is 3.76. The van der Waals surface area contributed by atoms with Crippen molar-refractivity contribution in [3.8, 4) is 0 Å². The summed E-state index contributed by atoms with van der Waals surface area (Å²) in [5.74, 6) is -0.0887. The molecule has 0 bridgehead atoms. The molecule has 98 valence electrons. The molecule has 2 aromatic rings. The Kier molecular flexibility index (Phi) is 3.85. The molecule has 19 heavy (non-hydrogen) atoms. The summed E-state index contributed by atoms with van der Waals surface area (Å²) in [7, 11) is 3.98. The van der Waals surface area contributed by atoms with E-state index in [-0.39, 0.29) is 5.91 Å². The molecule has 1 N–H and O–H groups in total. The van der Waals surface area contributed by atoms with Crippen LogP contribution >= 0.6 is 0 Å². The van der Waals surface area contributed by atoms with Gasteiger partial charge in [0.1, 0.15) is 0 Å². The number of rotatable bonds is 3. The molecule has 3 nitrogen and oxygen atoms in total. The summed E-state index contributed by atoms with van der Waals surface area (Å²) in [6.45, 7) is 2.05. The molecule has 0 unspecified atom stereocenters. The monoisotopic (exact) mass is 254 g/mol. The molecule has 0 saturated heterocycles. The number of aryl methyl sites for hydroxylation is 1. The highest BCUT2D eigenvalue weighted by Gasteiger charge is 2.07. The second-order valence-corrected chi connectivity index (χ2v) is 4.72. The first-order chi connectivity index (χ1) is 9.08. The Morgan fingerprint density at radius 2 is 1.74 bits per heavy atom. The highest BCUT2D eigenvalue weighted by Crippen LogP contribution is 2.22. The van der Waals surface area contributed by atoms with Crippen molar-refractivity contribution >= 4 is 17.3 Å². The van der Waals surface area contributed by atoms with Crippen molar-refractivity contribution in [3.05, 3.63) is 59.7 Å². The van der Waals surface area contributed by atoms with Gasteiger partial charge in [0, 0.05) is 31.0 Å². The van der Waals surface area contributed by atoms with Gasteiger partial charge in [0.15, 0.2) is 0 Å². The Hall–Kier alpha value is -2.29. The maximum atomic E-state index is 12.1. The maximum absolute atomic E-state index is 12.1. The van der Waals surface area contributed by atoms with Crippen LogP contribution in [0.25, 0.3) is 0 Å². The Bertz CT molecular complexity index is 577. The minimum absolute atomic E-state index is 0.0887. The van der Waals surface area contributed by atoms with Gasteiger partial charge in [-0.1, -0.05) is 24.3 Å². The molecular formula is C16H18N2O. The number of hydrogen-bond acceptors (Lipinski definition) is 2. The first-order valence-corrected chi connectivity index (χ1v) is 6.22. The van der Waals surface area contributed by atoms with E-state index in [4.69, 9.17) is 0 Å². The third-order valence-corrected chi connectivity index (χ3v) is 2.98. The Morgan fingerprint density at radius 3 is 2.37 bits per heavy atom. The quantitative estimate of drug-likeness (QED) is 0.911. The van der Waals surface area contributed by atoms with Crippen molar-refractivity contribution in [3.63, 3.8) is 0 Å². The molecule has 2 rings (SSSR count). The number of anilines is 2. The van der Waals surface area contributed by atoms with Crippen molar-refractivity contribution in [1.29, 1.82) is 0 Å². The molecular weight excluding hydrogens is 236 g/mol. The Balaban J connectivity index is 2.20. The molecule has 0 saturated carbocycles. The molecule has 1 amide bonds. The van der Waals surface area contributed by atoms with E-state index in [2.05, 4.69) is 12.2 Å². The lowest BCUT2D eigenvalue weighted by molar-refractivity contribution is 0.102. The van der Waals surface area contributed by atoms with Gasteiger partial charge in [-0.2, -0.15) is 0 Å². The largest absolute Gasteiger partial charge is 0.377 e. The van der Waals surface area contributed by atoms with Gasteiger partial charge in [-0.25, -0.2) is 0 Å². The van der Waals surface area contributed by atoms with Gasteiger partial charge in [0.2, 0.25) is 0 Å². The van der Waals surface area contributed by atoms with E-state index in [0.717, 1.165) is 11.4 Å². The van der Waals surface area contributed by atoms with Crippen molar-refractivity contribution < 1.29 is 4.79 Å². The van der Waals surface area contributed by atoms with Gasteiger partial charge in [-0.05, 0) is 36.8 Å². The van der Waals surface area contributed by atoms with Crippen LogP contribution in [-0.2, 0) is 0 Å². The fourth-order valence-electron chi connectivity index (χ4n) is 1.96. The zero-order valence-corrected chi connectivity index (χ0v) is 11.5. The highest BCUT2D eigenvalue weighted by molar-refractivity contribution is 6.04. The molecule has 0 fully saturated rings. The third kappa shape index (κ3) is 3.13. The smallest absolute Gasteiger partial charge is 0.255 e. The molecule has 0 aromatic heterocycles. The molecule has 0 radical (unpaired) electrons. The van der Waals surface area contributed by atoms with Crippen LogP contribution in [0.4, 0.5) is 11.4 Å². The van der Waals surface area contributed by atoms with Gasteiger partial charge in [0.25, 0.3) is 5.91 Å².